The number of ether oxygens (including phenoxy) is 1. The Morgan fingerprint density at radius 1 is 1.35 bits per heavy atom. The van der Waals surface area contributed by atoms with E-state index in [1.165, 1.54) is 25.3 Å². The van der Waals surface area contributed by atoms with Crippen LogP contribution in [0.5, 0.6) is 0 Å². The molecular formula is C10H8Cl3NO3. The maximum atomic E-state index is 11.2. The molecule has 1 rings (SSSR count). The Kier molecular flexibility index (Phi) is 5.05. The maximum absolute atomic E-state index is 11.2. The van der Waals surface area contributed by atoms with Crippen molar-refractivity contribution in [2.45, 2.75) is 4.84 Å². The Morgan fingerprint density at radius 3 is 2.47 bits per heavy atom. The Hall–Kier alpha value is -0.970. The first-order chi connectivity index (χ1) is 7.95. The van der Waals surface area contributed by atoms with Crippen molar-refractivity contribution >= 4 is 52.4 Å². The van der Waals surface area contributed by atoms with Gasteiger partial charge < -0.3 is 10.1 Å². The van der Waals surface area contributed by atoms with Crippen LogP contribution in [-0.2, 0) is 9.53 Å². The molecule has 0 spiro atoms. The quantitative estimate of drug-likeness (QED) is 0.689. The second-order valence-corrected chi connectivity index (χ2v) is 4.48. The number of halogens is 3. The molecule has 0 aromatic heterocycles. The average Bonchev–Trinajstić information content (AvgIpc) is 2.28. The van der Waals surface area contributed by atoms with Gasteiger partial charge in [0.25, 0.3) is 5.91 Å². The van der Waals surface area contributed by atoms with Gasteiger partial charge in [0.05, 0.1) is 17.7 Å². The molecule has 0 aliphatic carbocycles. The number of carbonyl (C=O) groups excluding carboxylic acids is 2. The van der Waals surface area contributed by atoms with Crippen LogP contribution in [0.25, 0.3) is 0 Å². The van der Waals surface area contributed by atoms with Gasteiger partial charge in [0, 0.05) is 5.69 Å². The molecule has 0 saturated carbocycles. The summed E-state index contributed by atoms with van der Waals surface area (Å²) in [5.74, 6) is -1.13. The van der Waals surface area contributed by atoms with Gasteiger partial charge in [0.15, 0.2) is 4.84 Å². The molecule has 7 heteroatoms. The van der Waals surface area contributed by atoms with E-state index in [0.717, 1.165) is 0 Å². The van der Waals surface area contributed by atoms with Gasteiger partial charge in [0.1, 0.15) is 0 Å². The summed E-state index contributed by atoms with van der Waals surface area (Å²) in [5.41, 5.74) is 0.597. The van der Waals surface area contributed by atoms with E-state index >= 15 is 0 Å². The lowest BCUT2D eigenvalue weighted by atomic mass is 10.2. The fraction of sp³-hybridized carbons (Fsp3) is 0.200. The Balaban J connectivity index is 2.89. The lowest BCUT2D eigenvalue weighted by molar-refractivity contribution is -0.114. The Labute approximate surface area is 113 Å². The Bertz CT molecular complexity index is 448. The number of rotatable bonds is 3. The third-order valence-corrected chi connectivity index (χ3v) is 2.55. The van der Waals surface area contributed by atoms with Crippen LogP contribution in [0.3, 0.4) is 0 Å². The topological polar surface area (TPSA) is 55.4 Å². The number of alkyl halides is 2. The number of carbonyl (C=O) groups is 2. The van der Waals surface area contributed by atoms with E-state index in [-0.39, 0.29) is 10.6 Å². The predicted molar refractivity (Wildman–Crippen MR) is 66.9 cm³/mol. The number of esters is 1. The standard InChI is InChI=1S/C10H8Cl3NO3/c1-17-10(16)6-3-2-5(4-7(6)11)14-9(15)8(12)13/h2-4,8H,1H3,(H,14,15). The third kappa shape index (κ3) is 3.77. The van der Waals surface area contributed by atoms with E-state index in [9.17, 15) is 9.59 Å². The molecule has 1 aromatic carbocycles. The monoisotopic (exact) mass is 295 g/mol. The second kappa shape index (κ2) is 6.10. The molecule has 0 atom stereocenters. The van der Waals surface area contributed by atoms with Gasteiger partial charge in [-0.15, -0.1) is 0 Å². The van der Waals surface area contributed by atoms with Crippen LogP contribution in [0, 0.1) is 0 Å². The van der Waals surface area contributed by atoms with Crippen LogP contribution in [0.2, 0.25) is 5.02 Å². The predicted octanol–water partition coefficient (Wildman–Crippen LogP) is 2.87. The maximum Gasteiger partial charge on any atom is 0.339 e. The highest BCUT2D eigenvalue weighted by atomic mass is 35.5. The number of amides is 1. The van der Waals surface area contributed by atoms with Gasteiger partial charge >= 0.3 is 5.97 Å². The van der Waals surface area contributed by atoms with Crippen LogP contribution < -0.4 is 5.32 Å². The van der Waals surface area contributed by atoms with E-state index in [1.807, 2.05) is 0 Å². The molecule has 1 amide bonds. The van der Waals surface area contributed by atoms with Crippen LogP contribution in [0.1, 0.15) is 10.4 Å². The largest absolute Gasteiger partial charge is 0.465 e. The lowest BCUT2D eigenvalue weighted by Crippen LogP contribution is -2.18. The van der Waals surface area contributed by atoms with Gasteiger partial charge in [0.2, 0.25) is 0 Å². The van der Waals surface area contributed by atoms with Crippen molar-refractivity contribution in [3.8, 4) is 0 Å². The van der Waals surface area contributed by atoms with Gasteiger partial charge in [-0.2, -0.15) is 0 Å². The molecule has 0 unspecified atom stereocenters. The molecule has 4 nitrogen and oxygen atoms in total. The van der Waals surface area contributed by atoms with E-state index < -0.39 is 16.7 Å². The summed E-state index contributed by atoms with van der Waals surface area (Å²) < 4.78 is 4.52. The van der Waals surface area contributed by atoms with Crippen molar-refractivity contribution in [3.05, 3.63) is 28.8 Å². The summed E-state index contributed by atoms with van der Waals surface area (Å²) in [4.78, 5) is 21.3. The van der Waals surface area contributed by atoms with E-state index in [2.05, 4.69) is 10.1 Å². The summed E-state index contributed by atoms with van der Waals surface area (Å²) in [6, 6.07) is 4.33. The SMILES string of the molecule is COC(=O)c1ccc(NC(=O)C(Cl)Cl)cc1Cl. The van der Waals surface area contributed by atoms with Crippen LogP contribution in [0.15, 0.2) is 18.2 Å². The normalized spacial score (nSPS) is 10.2. The molecule has 0 aliphatic rings. The number of nitrogens with one attached hydrogen (secondary N) is 1. The molecule has 1 N–H and O–H groups in total. The summed E-state index contributed by atoms with van der Waals surface area (Å²) >= 11 is 16.6. The van der Waals surface area contributed by atoms with E-state index in [4.69, 9.17) is 34.8 Å². The van der Waals surface area contributed by atoms with Gasteiger partial charge in [-0.05, 0) is 18.2 Å². The summed E-state index contributed by atoms with van der Waals surface area (Å²) in [6.45, 7) is 0. The second-order valence-electron chi connectivity index (χ2n) is 2.98. The zero-order valence-electron chi connectivity index (χ0n) is 8.67. The highest BCUT2D eigenvalue weighted by Gasteiger charge is 2.14. The minimum atomic E-state index is -1.17. The van der Waals surface area contributed by atoms with E-state index in [0.29, 0.717) is 5.69 Å². The van der Waals surface area contributed by atoms with Crippen LogP contribution in [-0.4, -0.2) is 23.8 Å². The molecule has 17 heavy (non-hydrogen) atoms. The minimum Gasteiger partial charge on any atom is -0.465 e. The van der Waals surface area contributed by atoms with Crippen molar-refractivity contribution in [2.24, 2.45) is 0 Å². The first kappa shape index (κ1) is 14.1. The molecule has 1 aromatic rings. The highest BCUT2D eigenvalue weighted by Crippen LogP contribution is 2.22. The summed E-state index contributed by atoms with van der Waals surface area (Å²) in [6.07, 6.45) is 0. The van der Waals surface area contributed by atoms with Crippen molar-refractivity contribution in [2.75, 3.05) is 12.4 Å². The molecule has 0 fully saturated rings. The highest BCUT2D eigenvalue weighted by molar-refractivity contribution is 6.54. The minimum absolute atomic E-state index is 0.162. The molecule has 0 heterocycles. The van der Waals surface area contributed by atoms with Crippen molar-refractivity contribution < 1.29 is 14.3 Å². The molecular weight excluding hydrogens is 288 g/mol. The number of anilines is 1. The van der Waals surface area contributed by atoms with Crippen molar-refractivity contribution in [1.29, 1.82) is 0 Å². The van der Waals surface area contributed by atoms with Crippen molar-refractivity contribution in [3.63, 3.8) is 0 Å². The van der Waals surface area contributed by atoms with E-state index in [1.54, 1.807) is 0 Å². The van der Waals surface area contributed by atoms with Gasteiger partial charge in [-0.1, -0.05) is 34.8 Å². The number of hydrogen-bond acceptors (Lipinski definition) is 3. The lowest BCUT2D eigenvalue weighted by Gasteiger charge is -2.07. The van der Waals surface area contributed by atoms with Crippen molar-refractivity contribution in [1.82, 2.24) is 0 Å². The van der Waals surface area contributed by atoms with Gasteiger partial charge in [-0.25, -0.2) is 4.79 Å². The molecule has 0 aliphatic heterocycles. The molecule has 0 radical (unpaired) electrons. The molecule has 0 saturated heterocycles. The number of hydrogen-bond donors (Lipinski definition) is 1. The molecule has 92 valence electrons. The summed E-state index contributed by atoms with van der Waals surface area (Å²) in [5, 5.41) is 2.59. The Morgan fingerprint density at radius 2 is 2.00 bits per heavy atom. The van der Waals surface area contributed by atoms with Gasteiger partial charge in [-0.3, -0.25) is 4.79 Å². The zero-order chi connectivity index (χ0) is 13.0. The smallest absolute Gasteiger partial charge is 0.339 e. The number of benzene rings is 1. The first-order valence-electron chi connectivity index (χ1n) is 4.42. The fourth-order valence-corrected chi connectivity index (χ4v) is 1.43. The fourth-order valence-electron chi connectivity index (χ4n) is 1.07. The zero-order valence-corrected chi connectivity index (χ0v) is 10.9. The van der Waals surface area contributed by atoms with Crippen LogP contribution in [0.4, 0.5) is 5.69 Å². The van der Waals surface area contributed by atoms with Crippen LogP contribution >= 0.6 is 34.8 Å². The summed E-state index contributed by atoms with van der Waals surface area (Å²) in [7, 11) is 1.25. The number of methoxy groups -OCH3 is 1. The first-order valence-corrected chi connectivity index (χ1v) is 5.67. The average molecular weight is 297 g/mol. The molecule has 0 bridgehead atoms. The third-order valence-electron chi connectivity index (χ3n) is 1.84.